The fraction of sp³-hybridized carbons (Fsp3) is 0.529. The highest BCUT2D eigenvalue weighted by Gasteiger charge is 2.08. The van der Waals surface area contributed by atoms with E-state index < -0.39 is 11.9 Å². The molecule has 0 aliphatic carbocycles. The topological polar surface area (TPSA) is 61.8 Å². The van der Waals surface area contributed by atoms with Crippen LogP contribution in [0.4, 0.5) is 0 Å². The lowest BCUT2D eigenvalue weighted by Gasteiger charge is -2.06. The smallest absolute Gasteiger partial charge is 0.337 e. The normalized spacial score (nSPS) is 10.3. The van der Waals surface area contributed by atoms with Gasteiger partial charge < -0.3 is 14.2 Å². The van der Waals surface area contributed by atoms with Gasteiger partial charge in [0.2, 0.25) is 0 Å². The first-order valence-electron chi connectivity index (χ1n) is 7.81. The van der Waals surface area contributed by atoms with E-state index in [0.29, 0.717) is 12.4 Å². The molecule has 1 aromatic rings. The van der Waals surface area contributed by atoms with Gasteiger partial charge in [-0.15, -0.1) is 0 Å². The van der Waals surface area contributed by atoms with Crippen LogP contribution in [0.5, 0.6) is 5.75 Å². The van der Waals surface area contributed by atoms with E-state index in [0.717, 1.165) is 23.7 Å². The van der Waals surface area contributed by atoms with Gasteiger partial charge in [-0.2, -0.15) is 0 Å². The number of halogens is 1. The Balaban J connectivity index is 2.05. The minimum atomic E-state index is -0.556. The summed E-state index contributed by atoms with van der Waals surface area (Å²) in [5, 5.41) is 0. The van der Waals surface area contributed by atoms with Crippen LogP contribution in [0.15, 0.2) is 28.7 Å². The molecule has 0 aliphatic heterocycles. The SMILES string of the molecule is CCCCCCCOC(=O)COCC(=O)Oc1ccc(Br)cc1. The van der Waals surface area contributed by atoms with E-state index in [-0.39, 0.29) is 13.2 Å². The molecule has 1 rings (SSSR count). The zero-order valence-corrected chi connectivity index (χ0v) is 15.0. The standard InChI is InChI=1S/C17H23BrO5/c1-2-3-4-5-6-11-22-16(19)12-21-13-17(20)23-15-9-7-14(18)8-10-15/h7-10H,2-6,11-13H2,1H3. The highest BCUT2D eigenvalue weighted by Crippen LogP contribution is 2.16. The Bertz CT molecular complexity index is 472. The first kappa shape index (κ1) is 19.6. The van der Waals surface area contributed by atoms with E-state index in [1.165, 1.54) is 12.8 Å². The largest absolute Gasteiger partial charge is 0.464 e. The maximum Gasteiger partial charge on any atom is 0.337 e. The number of carbonyl (C=O) groups is 2. The molecule has 0 N–H and O–H groups in total. The predicted molar refractivity (Wildman–Crippen MR) is 90.3 cm³/mol. The molecule has 128 valence electrons. The Hall–Kier alpha value is -1.40. The number of ether oxygens (including phenoxy) is 3. The van der Waals surface area contributed by atoms with Crippen molar-refractivity contribution in [3.63, 3.8) is 0 Å². The molecule has 0 bridgehead atoms. The van der Waals surface area contributed by atoms with Crippen LogP contribution in [0.3, 0.4) is 0 Å². The van der Waals surface area contributed by atoms with Gasteiger partial charge in [0, 0.05) is 4.47 Å². The van der Waals surface area contributed by atoms with Crippen molar-refractivity contribution in [2.24, 2.45) is 0 Å². The molecule has 0 aliphatic rings. The maximum absolute atomic E-state index is 11.5. The van der Waals surface area contributed by atoms with Crippen molar-refractivity contribution in [1.29, 1.82) is 0 Å². The van der Waals surface area contributed by atoms with Gasteiger partial charge >= 0.3 is 11.9 Å². The Morgan fingerprint density at radius 1 is 0.957 bits per heavy atom. The van der Waals surface area contributed by atoms with Gasteiger partial charge in [0.15, 0.2) is 0 Å². The predicted octanol–water partition coefficient (Wildman–Crippen LogP) is 3.88. The summed E-state index contributed by atoms with van der Waals surface area (Å²) >= 11 is 3.29. The van der Waals surface area contributed by atoms with Crippen molar-refractivity contribution >= 4 is 27.9 Å². The molecule has 1 aromatic carbocycles. The van der Waals surface area contributed by atoms with Gasteiger partial charge in [0.1, 0.15) is 19.0 Å². The number of rotatable bonds is 11. The zero-order valence-electron chi connectivity index (χ0n) is 13.4. The molecule has 23 heavy (non-hydrogen) atoms. The van der Waals surface area contributed by atoms with Gasteiger partial charge in [-0.3, -0.25) is 0 Å². The molecule has 0 spiro atoms. The summed E-state index contributed by atoms with van der Waals surface area (Å²) in [7, 11) is 0. The monoisotopic (exact) mass is 386 g/mol. The van der Waals surface area contributed by atoms with Crippen molar-refractivity contribution in [2.75, 3.05) is 19.8 Å². The summed E-state index contributed by atoms with van der Waals surface area (Å²) in [6.07, 6.45) is 5.47. The van der Waals surface area contributed by atoms with Crippen LogP contribution < -0.4 is 4.74 Å². The molecule has 0 atom stereocenters. The third-order valence-electron chi connectivity index (χ3n) is 3.00. The lowest BCUT2D eigenvalue weighted by atomic mass is 10.2. The molecule has 5 nitrogen and oxygen atoms in total. The van der Waals surface area contributed by atoms with Crippen molar-refractivity contribution < 1.29 is 23.8 Å². The molecular weight excluding hydrogens is 364 g/mol. The molecule has 0 fully saturated rings. The van der Waals surface area contributed by atoms with Crippen LogP contribution in [-0.4, -0.2) is 31.8 Å². The van der Waals surface area contributed by atoms with Crippen LogP contribution in [-0.2, 0) is 19.1 Å². The molecule has 0 saturated carbocycles. The summed E-state index contributed by atoms with van der Waals surface area (Å²) in [5.74, 6) is -0.590. The minimum absolute atomic E-state index is 0.246. The van der Waals surface area contributed by atoms with Crippen LogP contribution in [0.2, 0.25) is 0 Å². The van der Waals surface area contributed by atoms with E-state index in [4.69, 9.17) is 14.2 Å². The second-order valence-corrected chi connectivity index (χ2v) is 5.97. The molecule has 0 radical (unpaired) electrons. The minimum Gasteiger partial charge on any atom is -0.464 e. The van der Waals surface area contributed by atoms with Gasteiger partial charge in [0.05, 0.1) is 6.61 Å². The molecule has 6 heteroatoms. The van der Waals surface area contributed by atoms with Crippen LogP contribution in [0, 0.1) is 0 Å². The quantitative estimate of drug-likeness (QED) is 0.328. The summed E-state index contributed by atoms with van der Waals surface area (Å²) in [4.78, 5) is 22.9. The van der Waals surface area contributed by atoms with E-state index in [9.17, 15) is 9.59 Å². The Labute approximate surface area is 145 Å². The summed E-state index contributed by atoms with van der Waals surface area (Å²) < 4.78 is 15.9. The average molecular weight is 387 g/mol. The number of hydrogen-bond donors (Lipinski definition) is 0. The number of esters is 2. The Morgan fingerprint density at radius 3 is 2.30 bits per heavy atom. The highest BCUT2D eigenvalue weighted by atomic mass is 79.9. The number of benzene rings is 1. The van der Waals surface area contributed by atoms with Crippen molar-refractivity contribution in [3.05, 3.63) is 28.7 Å². The van der Waals surface area contributed by atoms with Crippen molar-refractivity contribution in [1.82, 2.24) is 0 Å². The Kier molecular flexibility index (Phi) is 10.3. The van der Waals surface area contributed by atoms with Gasteiger partial charge in [0.25, 0.3) is 0 Å². The second kappa shape index (κ2) is 12.1. The number of hydrogen-bond acceptors (Lipinski definition) is 5. The third kappa shape index (κ3) is 10.1. The van der Waals surface area contributed by atoms with Crippen molar-refractivity contribution in [2.45, 2.75) is 39.0 Å². The maximum atomic E-state index is 11.5. The van der Waals surface area contributed by atoms with Crippen molar-refractivity contribution in [3.8, 4) is 5.75 Å². The average Bonchev–Trinajstić information content (AvgIpc) is 2.53. The summed E-state index contributed by atoms with van der Waals surface area (Å²) in [6, 6.07) is 6.85. The molecule has 0 saturated heterocycles. The van der Waals surface area contributed by atoms with Gasteiger partial charge in [-0.1, -0.05) is 48.5 Å². The fourth-order valence-corrected chi connectivity index (χ4v) is 2.08. The van der Waals surface area contributed by atoms with E-state index in [1.807, 2.05) is 0 Å². The van der Waals surface area contributed by atoms with Crippen LogP contribution in [0.25, 0.3) is 0 Å². The first-order chi connectivity index (χ1) is 11.1. The van der Waals surface area contributed by atoms with E-state index >= 15 is 0 Å². The second-order valence-electron chi connectivity index (χ2n) is 5.06. The highest BCUT2D eigenvalue weighted by molar-refractivity contribution is 9.10. The molecule has 0 heterocycles. The lowest BCUT2D eigenvalue weighted by molar-refractivity contribution is -0.152. The third-order valence-corrected chi connectivity index (χ3v) is 3.52. The van der Waals surface area contributed by atoms with Crippen LogP contribution >= 0.6 is 15.9 Å². The lowest BCUT2D eigenvalue weighted by Crippen LogP contribution is -2.20. The summed E-state index contributed by atoms with van der Waals surface area (Å²) in [6.45, 7) is 2.01. The Morgan fingerprint density at radius 2 is 1.61 bits per heavy atom. The number of carbonyl (C=O) groups excluding carboxylic acids is 2. The number of unbranched alkanes of at least 4 members (excludes halogenated alkanes) is 4. The first-order valence-corrected chi connectivity index (χ1v) is 8.60. The molecule has 0 aromatic heterocycles. The zero-order chi connectivity index (χ0) is 16.9. The fourth-order valence-electron chi connectivity index (χ4n) is 1.81. The van der Waals surface area contributed by atoms with Gasteiger partial charge in [-0.05, 0) is 30.7 Å². The van der Waals surface area contributed by atoms with E-state index in [2.05, 4.69) is 22.9 Å². The molecule has 0 amide bonds. The van der Waals surface area contributed by atoms with Gasteiger partial charge in [-0.25, -0.2) is 9.59 Å². The summed E-state index contributed by atoms with van der Waals surface area (Å²) in [5.41, 5.74) is 0. The molecule has 0 unspecified atom stereocenters. The van der Waals surface area contributed by atoms with Crippen LogP contribution in [0.1, 0.15) is 39.0 Å². The van der Waals surface area contributed by atoms with E-state index in [1.54, 1.807) is 24.3 Å². The molecular formula is C17H23BrO5.